The van der Waals surface area contributed by atoms with E-state index in [9.17, 15) is 9.00 Å². The topological polar surface area (TPSA) is 68.6 Å². The van der Waals surface area contributed by atoms with Crippen LogP contribution in [0.25, 0.3) is 0 Å². The van der Waals surface area contributed by atoms with Gasteiger partial charge in [-0.15, -0.1) is 4.36 Å². The van der Waals surface area contributed by atoms with Crippen LogP contribution in [0.15, 0.2) is 77.4 Å². The number of amides is 1. The molecule has 1 heterocycles. The Balaban J connectivity index is 1.73. The molecule has 0 aliphatic rings. The van der Waals surface area contributed by atoms with Crippen LogP contribution in [-0.4, -0.2) is 15.1 Å². The van der Waals surface area contributed by atoms with Gasteiger partial charge in [-0.2, -0.15) is 4.21 Å². The number of aromatic nitrogens is 1. The van der Waals surface area contributed by atoms with Crippen LogP contribution in [0, 0.1) is 11.8 Å². The van der Waals surface area contributed by atoms with Crippen molar-refractivity contribution in [3.05, 3.63) is 89.7 Å². The van der Waals surface area contributed by atoms with Crippen molar-refractivity contribution in [1.82, 2.24) is 4.98 Å². The first-order valence-corrected chi connectivity index (χ1v) is 8.29. The van der Waals surface area contributed by atoms with Crippen molar-refractivity contribution in [3.63, 3.8) is 0 Å². The highest BCUT2D eigenvalue weighted by atomic mass is 32.1. The van der Waals surface area contributed by atoms with Gasteiger partial charge in [0.2, 0.25) is 11.5 Å². The van der Waals surface area contributed by atoms with Gasteiger partial charge in [-0.3, -0.25) is 9.78 Å². The zero-order chi connectivity index (χ0) is 18.2. The summed E-state index contributed by atoms with van der Waals surface area (Å²) in [6.45, 7) is 0. The van der Waals surface area contributed by atoms with E-state index < -0.39 is 5.91 Å². The summed E-state index contributed by atoms with van der Waals surface area (Å²) in [7, 11) is 0. The first-order valence-electron chi connectivity index (χ1n) is 7.59. The number of carbonyl (C=O) groups excluding carboxylic acids is 1. The summed E-state index contributed by atoms with van der Waals surface area (Å²) < 4.78 is 19.3. The Morgan fingerprint density at radius 2 is 1.62 bits per heavy atom. The fraction of sp³-hybridized carbons (Fsp3) is 0. The normalized spacial score (nSPS) is 9.54. The van der Waals surface area contributed by atoms with Gasteiger partial charge in [-0.05, 0) is 42.5 Å². The fourth-order valence-corrected chi connectivity index (χ4v) is 2.26. The van der Waals surface area contributed by atoms with E-state index >= 15 is 0 Å². The summed E-state index contributed by atoms with van der Waals surface area (Å²) >= 11 is -0.128. The van der Waals surface area contributed by atoms with Crippen LogP contribution in [0.1, 0.15) is 21.5 Å². The van der Waals surface area contributed by atoms with Gasteiger partial charge in [0.25, 0.3) is 5.91 Å². The van der Waals surface area contributed by atoms with Crippen molar-refractivity contribution < 1.29 is 13.7 Å². The molecule has 0 bridgehead atoms. The van der Waals surface area contributed by atoms with E-state index in [0.717, 1.165) is 11.3 Å². The Kier molecular flexibility index (Phi) is 5.65. The van der Waals surface area contributed by atoms with E-state index in [1.807, 2.05) is 54.6 Å². The van der Waals surface area contributed by atoms with Crippen molar-refractivity contribution in [1.29, 1.82) is 0 Å². The second-order valence-corrected chi connectivity index (χ2v) is 5.45. The molecule has 1 aromatic heterocycles. The van der Waals surface area contributed by atoms with Gasteiger partial charge < -0.3 is 4.74 Å². The van der Waals surface area contributed by atoms with Gasteiger partial charge in [0.05, 0.1) is 5.56 Å². The van der Waals surface area contributed by atoms with E-state index in [1.54, 1.807) is 12.3 Å². The van der Waals surface area contributed by atoms with E-state index in [2.05, 4.69) is 21.2 Å². The van der Waals surface area contributed by atoms with Gasteiger partial charge in [0.15, 0.2) is 0 Å². The largest absolute Gasteiger partial charge is 0.457 e. The molecule has 0 N–H and O–H groups in total. The van der Waals surface area contributed by atoms with Gasteiger partial charge in [0, 0.05) is 23.5 Å². The summed E-state index contributed by atoms with van der Waals surface area (Å²) in [6, 6.07) is 18.4. The van der Waals surface area contributed by atoms with Crippen LogP contribution in [0.5, 0.6) is 11.5 Å². The third kappa shape index (κ3) is 4.72. The van der Waals surface area contributed by atoms with Crippen LogP contribution in [0.3, 0.4) is 0 Å². The predicted octanol–water partition coefficient (Wildman–Crippen LogP) is 3.81. The van der Waals surface area contributed by atoms with Gasteiger partial charge in [-0.25, -0.2) is 0 Å². The van der Waals surface area contributed by atoms with E-state index in [4.69, 9.17) is 4.74 Å². The lowest BCUT2D eigenvalue weighted by molar-refractivity contribution is 0.100. The lowest BCUT2D eigenvalue weighted by atomic mass is 10.1. The molecule has 0 unspecified atom stereocenters. The van der Waals surface area contributed by atoms with Crippen molar-refractivity contribution in [2.24, 2.45) is 4.36 Å². The van der Waals surface area contributed by atoms with Crippen LogP contribution < -0.4 is 4.74 Å². The first-order chi connectivity index (χ1) is 12.7. The molecule has 0 aliphatic heterocycles. The lowest BCUT2D eigenvalue weighted by Crippen LogP contribution is -1.95. The van der Waals surface area contributed by atoms with E-state index in [-0.39, 0.29) is 17.0 Å². The smallest absolute Gasteiger partial charge is 0.291 e. The third-order valence-corrected chi connectivity index (χ3v) is 3.53. The first kappa shape index (κ1) is 17.3. The number of rotatable bonds is 3. The number of hydrogen-bond acceptors (Lipinski definition) is 4. The van der Waals surface area contributed by atoms with E-state index in [0.29, 0.717) is 11.3 Å². The highest BCUT2D eigenvalue weighted by Gasteiger charge is 2.04. The van der Waals surface area contributed by atoms with Crippen LogP contribution >= 0.6 is 0 Å². The van der Waals surface area contributed by atoms with Gasteiger partial charge in [-0.1, -0.05) is 30.0 Å². The zero-order valence-electron chi connectivity index (χ0n) is 13.5. The Morgan fingerprint density at radius 3 is 2.35 bits per heavy atom. The molecular weight excluding hydrogens is 348 g/mol. The standard InChI is InChI=1S/C20H12N2O3S/c23-20(22-26-24)17-12-16(13-21-14-17)7-6-15-8-10-19(11-9-15)25-18-4-2-1-3-5-18/h1-5,8-14H. The summed E-state index contributed by atoms with van der Waals surface area (Å²) in [4.78, 5) is 15.5. The molecule has 0 saturated carbocycles. The Labute approximate surface area is 153 Å². The highest BCUT2D eigenvalue weighted by Crippen LogP contribution is 2.20. The number of benzene rings is 2. The molecule has 0 spiro atoms. The molecule has 3 aromatic rings. The minimum Gasteiger partial charge on any atom is -0.457 e. The number of nitrogens with zero attached hydrogens (tertiary/aromatic N) is 2. The molecule has 5 nitrogen and oxygen atoms in total. The van der Waals surface area contributed by atoms with Gasteiger partial charge in [0.1, 0.15) is 11.5 Å². The van der Waals surface area contributed by atoms with Crippen molar-refractivity contribution in [3.8, 4) is 23.3 Å². The highest BCUT2D eigenvalue weighted by molar-refractivity contribution is 7.55. The molecule has 126 valence electrons. The minimum atomic E-state index is -0.622. The summed E-state index contributed by atoms with van der Waals surface area (Å²) in [6.07, 6.45) is 2.89. The van der Waals surface area contributed by atoms with Gasteiger partial charge >= 0.3 is 0 Å². The quantitative estimate of drug-likeness (QED) is 0.666. The molecule has 2 aromatic carbocycles. The molecule has 0 aliphatic carbocycles. The SMILES string of the molecule is O=S=NC(=O)c1cncc(C#Cc2ccc(Oc3ccccc3)cc2)c1. The van der Waals surface area contributed by atoms with Crippen molar-refractivity contribution in [2.75, 3.05) is 0 Å². The molecule has 0 atom stereocenters. The average Bonchev–Trinajstić information content (AvgIpc) is 2.69. The molecule has 0 saturated heterocycles. The van der Waals surface area contributed by atoms with E-state index in [1.165, 1.54) is 6.20 Å². The number of para-hydroxylation sites is 1. The fourth-order valence-electron chi connectivity index (χ4n) is 2.09. The summed E-state index contributed by atoms with van der Waals surface area (Å²) in [5.74, 6) is 6.79. The number of hydrogen-bond donors (Lipinski definition) is 0. The molecule has 1 amide bonds. The molecule has 3 rings (SSSR count). The number of carbonyl (C=O) groups is 1. The molecule has 6 heteroatoms. The zero-order valence-corrected chi connectivity index (χ0v) is 14.3. The lowest BCUT2D eigenvalue weighted by Gasteiger charge is -2.04. The number of pyridine rings is 1. The summed E-state index contributed by atoms with van der Waals surface area (Å²) in [5.41, 5.74) is 1.58. The average molecular weight is 360 g/mol. The molecule has 26 heavy (non-hydrogen) atoms. The molecule has 0 radical (unpaired) electrons. The predicted molar refractivity (Wildman–Crippen MR) is 98.1 cm³/mol. The van der Waals surface area contributed by atoms with Crippen LogP contribution in [-0.2, 0) is 11.5 Å². The molecular formula is C20H12N2O3S. The Morgan fingerprint density at radius 1 is 0.923 bits per heavy atom. The maximum absolute atomic E-state index is 11.6. The third-order valence-electron chi connectivity index (χ3n) is 3.29. The van der Waals surface area contributed by atoms with Crippen LogP contribution in [0.2, 0.25) is 0 Å². The Bertz CT molecular complexity index is 1030. The van der Waals surface area contributed by atoms with Crippen LogP contribution in [0.4, 0.5) is 0 Å². The minimum absolute atomic E-state index is 0.128. The monoisotopic (exact) mass is 360 g/mol. The van der Waals surface area contributed by atoms with Crippen molar-refractivity contribution >= 4 is 17.4 Å². The second-order valence-electron chi connectivity index (χ2n) is 5.12. The summed E-state index contributed by atoms with van der Waals surface area (Å²) in [5, 5.41) is 0. The number of ether oxygens (including phenoxy) is 1. The van der Waals surface area contributed by atoms with Crippen molar-refractivity contribution in [2.45, 2.75) is 0 Å². The maximum atomic E-state index is 11.6. The molecule has 0 fully saturated rings. The maximum Gasteiger partial charge on any atom is 0.291 e. The second kappa shape index (κ2) is 8.51. The Hall–Kier alpha value is -3.56.